The number of hydrogen-bond donors (Lipinski definition) is 2. The Morgan fingerprint density at radius 2 is 1.90 bits per heavy atom. The minimum absolute atomic E-state index is 0.0326. The molecule has 0 aromatic carbocycles. The molecule has 2 atom stereocenters. The van der Waals surface area contributed by atoms with Crippen molar-refractivity contribution in [2.24, 2.45) is 0 Å². The summed E-state index contributed by atoms with van der Waals surface area (Å²) in [7, 11) is 2.84. The van der Waals surface area contributed by atoms with Gasteiger partial charge in [-0.1, -0.05) is 0 Å². The molecule has 0 bridgehead atoms. The highest BCUT2D eigenvalue weighted by molar-refractivity contribution is 6.26. The zero-order chi connectivity index (χ0) is 16.3. The third-order valence-electron chi connectivity index (χ3n) is 2.70. The number of nitrogens with one attached hydrogen (secondary N) is 2. The lowest BCUT2D eigenvalue weighted by Gasteiger charge is -2.19. The third kappa shape index (κ3) is 8.16. The summed E-state index contributed by atoms with van der Waals surface area (Å²) >= 11 is 0. The lowest BCUT2D eigenvalue weighted by Crippen LogP contribution is -2.46. The van der Waals surface area contributed by atoms with E-state index in [-0.39, 0.29) is 26.1 Å². The van der Waals surface area contributed by atoms with Gasteiger partial charge in [0.1, 0.15) is 18.8 Å². The number of ketones is 1. The average Bonchev–Trinajstić information content (AvgIpc) is 2.49. The molecule has 0 radical (unpaired) electrons. The smallest absolute Gasteiger partial charge is 0.328 e. The van der Waals surface area contributed by atoms with Gasteiger partial charge in [0.05, 0.1) is 12.8 Å². The van der Waals surface area contributed by atoms with Crippen LogP contribution < -0.4 is 5.32 Å². The van der Waals surface area contributed by atoms with Crippen LogP contribution >= 0.6 is 0 Å². The first-order valence-corrected chi connectivity index (χ1v) is 6.48. The van der Waals surface area contributed by atoms with E-state index in [0.29, 0.717) is 6.21 Å². The number of carbonyl (C=O) groups excluding carboxylic acids is 3. The molecule has 2 N–H and O–H groups in total. The summed E-state index contributed by atoms with van der Waals surface area (Å²) in [6.45, 7) is 1.83. The van der Waals surface area contributed by atoms with Crippen molar-refractivity contribution in [1.29, 1.82) is 5.41 Å². The van der Waals surface area contributed by atoms with Crippen LogP contribution in [0, 0.1) is 5.41 Å². The fourth-order valence-corrected chi connectivity index (χ4v) is 1.33. The van der Waals surface area contributed by atoms with Crippen molar-refractivity contribution < 1.29 is 28.6 Å². The number of Topliss-reactive ketones (excluding diaryl/α,β-unsaturated/α-hetero) is 1. The number of carbonyl (C=O) groups is 3. The summed E-state index contributed by atoms with van der Waals surface area (Å²) in [6.07, 6.45) is -0.0256. The van der Waals surface area contributed by atoms with Crippen LogP contribution in [0.5, 0.6) is 0 Å². The Bertz CT molecular complexity index is 372. The molecule has 0 saturated carbocycles. The van der Waals surface area contributed by atoms with Crippen molar-refractivity contribution in [3.8, 4) is 0 Å². The van der Waals surface area contributed by atoms with Gasteiger partial charge in [0.15, 0.2) is 5.78 Å². The second-order valence-corrected chi connectivity index (χ2v) is 4.25. The zero-order valence-corrected chi connectivity index (χ0v) is 12.5. The first kappa shape index (κ1) is 19.2. The summed E-state index contributed by atoms with van der Waals surface area (Å²) in [5, 5.41) is 9.29. The Labute approximate surface area is 123 Å². The highest BCUT2D eigenvalue weighted by atomic mass is 16.6. The molecular weight excluding hydrogens is 280 g/mol. The second-order valence-electron chi connectivity index (χ2n) is 4.25. The van der Waals surface area contributed by atoms with Crippen molar-refractivity contribution in [3.63, 3.8) is 0 Å². The molecule has 0 aliphatic rings. The van der Waals surface area contributed by atoms with Gasteiger partial charge in [0.2, 0.25) is 5.91 Å². The maximum atomic E-state index is 11.9. The highest BCUT2D eigenvalue weighted by Crippen LogP contribution is 2.02. The molecule has 0 aliphatic carbocycles. The van der Waals surface area contributed by atoms with Crippen LogP contribution in [-0.4, -0.2) is 63.5 Å². The van der Waals surface area contributed by atoms with Crippen molar-refractivity contribution in [3.05, 3.63) is 0 Å². The SMILES string of the molecule is COCCOC(=O)[C@H](CCC(=O)C=N)NC(=O)[C@H](C)OC. The molecule has 0 saturated heterocycles. The molecule has 120 valence electrons. The zero-order valence-electron chi connectivity index (χ0n) is 12.5. The van der Waals surface area contributed by atoms with Crippen LogP contribution in [0.1, 0.15) is 19.8 Å². The summed E-state index contributed by atoms with van der Waals surface area (Å²) in [5.74, 6) is -1.56. The average molecular weight is 302 g/mol. The maximum Gasteiger partial charge on any atom is 0.328 e. The van der Waals surface area contributed by atoms with Gasteiger partial charge < -0.3 is 24.9 Å². The van der Waals surface area contributed by atoms with E-state index in [4.69, 9.17) is 19.6 Å². The van der Waals surface area contributed by atoms with Crippen LogP contribution in [0.3, 0.4) is 0 Å². The third-order valence-corrected chi connectivity index (χ3v) is 2.70. The van der Waals surface area contributed by atoms with E-state index in [2.05, 4.69) is 5.32 Å². The van der Waals surface area contributed by atoms with Gasteiger partial charge in [-0.15, -0.1) is 0 Å². The van der Waals surface area contributed by atoms with E-state index in [0.717, 1.165) is 0 Å². The summed E-state index contributed by atoms with van der Waals surface area (Å²) in [5.41, 5.74) is 0. The first-order chi connectivity index (χ1) is 9.96. The van der Waals surface area contributed by atoms with Crippen molar-refractivity contribution in [2.75, 3.05) is 27.4 Å². The minimum Gasteiger partial charge on any atom is -0.462 e. The lowest BCUT2D eigenvalue weighted by atomic mass is 10.1. The lowest BCUT2D eigenvalue weighted by molar-refractivity contribution is -0.150. The molecule has 8 heteroatoms. The number of esters is 1. The maximum absolute atomic E-state index is 11.9. The van der Waals surface area contributed by atoms with Gasteiger partial charge >= 0.3 is 5.97 Å². The summed E-state index contributed by atoms with van der Waals surface area (Å²) in [6, 6.07) is -0.962. The Balaban J connectivity index is 4.59. The van der Waals surface area contributed by atoms with Crippen molar-refractivity contribution in [2.45, 2.75) is 31.9 Å². The fraction of sp³-hybridized carbons (Fsp3) is 0.692. The molecule has 0 fully saturated rings. The molecule has 0 aromatic rings. The van der Waals surface area contributed by atoms with Gasteiger partial charge in [-0.05, 0) is 13.3 Å². The Morgan fingerprint density at radius 3 is 2.43 bits per heavy atom. The monoisotopic (exact) mass is 302 g/mol. The Hall–Kier alpha value is -1.80. The van der Waals surface area contributed by atoms with Gasteiger partial charge in [-0.3, -0.25) is 9.59 Å². The number of methoxy groups -OCH3 is 2. The number of ether oxygens (including phenoxy) is 3. The van der Waals surface area contributed by atoms with Crippen LogP contribution in [0.25, 0.3) is 0 Å². The highest BCUT2D eigenvalue weighted by Gasteiger charge is 2.25. The van der Waals surface area contributed by atoms with Gasteiger partial charge in [-0.2, -0.15) is 0 Å². The molecule has 1 amide bonds. The van der Waals surface area contributed by atoms with Gasteiger partial charge in [0.25, 0.3) is 0 Å². The molecular formula is C13H22N2O6. The normalized spacial score (nSPS) is 13.1. The number of hydrogen-bond acceptors (Lipinski definition) is 7. The van der Waals surface area contributed by atoms with E-state index >= 15 is 0 Å². The molecule has 0 aliphatic heterocycles. The van der Waals surface area contributed by atoms with E-state index in [1.54, 1.807) is 0 Å². The largest absolute Gasteiger partial charge is 0.462 e. The van der Waals surface area contributed by atoms with Crippen molar-refractivity contribution >= 4 is 23.9 Å². The van der Waals surface area contributed by atoms with Crippen LogP contribution in [0.15, 0.2) is 0 Å². The standard InChI is InChI=1S/C13H22N2O6/c1-9(20-3)12(17)15-11(5-4-10(16)8-14)13(18)21-7-6-19-2/h8-9,11,14H,4-7H2,1-3H3,(H,15,17)/t9-,11-/m0/s1. The van der Waals surface area contributed by atoms with Gasteiger partial charge in [0, 0.05) is 20.6 Å². The second kappa shape index (κ2) is 10.9. The van der Waals surface area contributed by atoms with Crippen LogP contribution in [-0.2, 0) is 28.6 Å². The van der Waals surface area contributed by atoms with Crippen molar-refractivity contribution in [1.82, 2.24) is 5.32 Å². The quantitative estimate of drug-likeness (QED) is 0.307. The topological polar surface area (TPSA) is 115 Å². The molecule has 0 rings (SSSR count). The first-order valence-electron chi connectivity index (χ1n) is 6.48. The Kier molecular flexibility index (Phi) is 9.99. The molecule has 0 unspecified atom stereocenters. The molecule has 0 heterocycles. The van der Waals surface area contributed by atoms with Gasteiger partial charge in [-0.25, -0.2) is 4.79 Å². The van der Waals surface area contributed by atoms with E-state index in [1.807, 2.05) is 0 Å². The molecule has 0 aromatic heterocycles. The fourth-order valence-electron chi connectivity index (χ4n) is 1.33. The molecule has 0 spiro atoms. The summed E-state index contributed by atoms with van der Waals surface area (Å²) < 4.78 is 14.5. The minimum atomic E-state index is -0.962. The predicted molar refractivity (Wildman–Crippen MR) is 74.3 cm³/mol. The van der Waals surface area contributed by atoms with E-state index in [9.17, 15) is 14.4 Å². The molecule has 8 nitrogen and oxygen atoms in total. The number of rotatable bonds is 11. The van der Waals surface area contributed by atoms with Crippen LogP contribution in [0.2, 0.25) is 0 Å². The number of amides is 1. The Morgan fingerprint density at radius 1 is 1.24 bits per heavy atom. The summed E-state index contributed by atoms with van der Waals surface area (Å²) in [4.78, 5) is 34.7. The molecule has 21 heavy (non-hydrogen) atoms. The predicted octanol–water partition coefficient (Wildman–Crippen LogP) is -0.305. The van der Waals surface area contributed by atoms with Crippen LogP contribution in [0.4, 0.5) is 0 Å². The van der Waals surface area contributed by atoms with E-state index < -0.39 is 29.8 Å². The van der Waals surface area contributed by atoms with E-state index in [1.165, 1.54) is 21.1 Å².